The number of hydrogen-bond acceptors (Lipinski definition) is 3. The number of hydrogen-bond donors (Lipinski definition) is 1. The topological polar surface area (TPSA) is 66.8 Å². The number of carbonyl (C=O) groups excluding carboxylic acids is 1. The molecule has 2 fully saturated rings. The minimum atomic E-state index is -0.866. The minimum absolute atomic E-state index is 0.0194. The number of morpholine rings is 1. The average Bonchev–Trinajstić information content (AvgIpc) is 2.37. The zero-order valence-corrected chi connectivity index (χ0v) is 12.1. The zero-order chi connectivity index (χ0) is 14.4. The van der Waals surface area contributed by atoms with E-state index in [0.717, 1.165) is 25.7 Å². The van der Waals surface area contributed by atoms with Gasteiger partial charge < -0.3 is 14.7 Å². The highest BCUT2D eigenvalue weighted by molar-refractivity contribution is 5.79. The number of amides is 1. The maximum Gasteiger partial charge on any atom is 0.306 e. The predicted molar refractivity (Wildman–Crippen MR) is 74.4 cm³/mol. The fourth-order valence-corrected chi connectivity index (χ4v) is 3.20. The van der Waals surface area contributed by atoms with Crippen molar-refractivity contribution >= 4 is 11.9 Å². The second-order valence-corrected chi connectivity index (χ2v) is 5.92. The molecule has 1 heterocycles. The van der Waals surface area contributed by atoms with Crippen molar-refractivity contribution in [2.45, 2.75) is 57.5 Å². The van der Waals surface area contributed by atoms with Gasteiger partial charge in [-0.25, -0.2) is 0 Å². The van der Waals surface area contributed by atoms with Gasteiger partial charge in [0.05, 0.1) is 19.1 Å². The highest BCUT2D eigenvalue weighted by atomic mass is 16.5. The van der Waals surface area contributed by atoms with Crippen LogP contribution in [0.5, 0.6) is 0 Å². The van der Waals surface area contributed by atoms with Crippen molar-refractivity contribution in [3.63, 3.8) is 0 Å². The molecule has 0 aromatic rings. The molecule has 1 N–H and O–H groups in total. The van der Waals surface area contributed by atoms with Gasteiger partial charge in [-0.3, -0.25) is 9.59 Å². The summed E-state index contributed by atoms with van der Waals surface area (Å²) in [6.45, 7) is 1.49. The van der Waals surface area contributed by atoms with Gasteiger partial charge in [0.1, 0.15) is 0 Å². The molecule has 0 aromatic heterocycles. The smallest absolute Gasteiger partial charge is 0.306 e. The number of nitrogens with zero attached hydrogens (tertiary/aromatic N) is 1. The molecule has 5 nitrogen and oxygen atoms in total. The summed E-state index contributed by atoms with van der Waals surface area (Å²) in [5, 5.41) is 8.82. The molecule has 1 saturated heterocycles. The Morgan fingerprint density at radius 3 is 2.40 bits per heavy atom. The average molecular weight is 283 g/mol. The van der Waals surface area contributed by atoms with Crippen molar-refractivity contribution in [1.29, 1.82) is 0 Å². The van der Waals surface area contributed by atoms with Crippen molar-refractivity contribution in [3.05, 3.63) is 0 Å². The Labute approximate surface area is 120 Å². The molecular formula is C15H25NO4. The maximum absolute atomic E-state index is 12.6. The Morgan fingerprint density at radius 1 is 1.10 bits per heavy atom. The van der Waals surface area contributed by atoms with E-state index in [2.05, 4.69) is 0 Å². The fourth-order valence-electron chi connectivity index (χ4n) is 3.20. The SMILES string of the molecule is O=C(O)CC1CN(C(=O)C2CCCCCCC2)CCO1. The summed E-state index contributed by atoms with van der Waals surface area (Å²) < 4.78 is 5.43. The van der Waals surface area contributed by atoms with Crippen LogP contribution in [0.1, 0.15) is 51.4 Å². The van der Waals surface area contributed by atoms with Crippen LogP contribution in [0.2, 0.25) is 0 Å². The Bertz CT molecular complexity index is 337. The lowest BCUT2D eigenvalue weighted by molar-refractivity contribution is -0.150. The fraction of sp³-hybridized carbons (Fsp3) is 0.867. The van der Waals surface area contributed by atoms with Gasteiger partial charge in [-0.2, -0.15) is 0 Å². The highest BCUT2D eigenvalue weighted by Gasteiger charge is 2.30. The molecule has 1 unspecified atom stereocenters. The number of rotatable bonds is 3. The van der Waals surface area contributed by atoms with Gasteiger partial charge >= 0.3 is 5.97 Å². The molecule has 114 valence electrons. The van der Waals surface area contributed by atoms with Gasteiger partial charge in [0.2, 0.25) is 5.91 Å². The van der Waals surface area contributed by atoms with Crippen LogP contribution in [0.25, 0.3) is 0 Å². The van der Waals surface area contributed by atoms with Gasteiger partial charge in [0.15, 0.2) is 0 Å². The van der Waals surface area contributed by atoms with Crippen LogP contribution >= 0.6 is 0 Å². The number of aliphatic carboxylic acids is 1. The van der Waals surface area contributed by atoms with E-state index in [1.54, 1.807) is 0 Å². The Balaban J connectivity index is 1.88. The summed E-state index contributed by atoms with van der Waals surface area (Å²) in [6.07, 6.45) is 7.63. The van der Waals surface area contributed by atoms with Gasteiger partial charge in [-0.1, -0.05) is 32.1 Å². The number of ether oxygens (including phenoxy) is 1. The summed E-state index contributed by atoms with van der Waals surface area (Å²) in [4.78, 5) is 25.1. The third-order valence-electron chi connectivity index (χ3n) is 4.31. The molecule has 0 aromatic carbocycles. The second-order valence-electron chi connectivity index (χ2n) is 5.92. The number of carboxylic acid groups (broad SMARTS) is 1. The monoisotopic (exact) mass is 283 g/mol. The van der Waals surface area contributed by atoms with Crippen LogP contribution in [-0.4, -0.2) is 47.7 Å². The molecule has 20 heavy (non-hydrogen) atoms. The van der Waals surface area contributed by atoms with Crippen molar-refractivity contribution < 1.29 is 19.4 Å². The molecule has 1 aliphatic heterocycles. The van der Waals surface area contributed by atoms with E-state index < -0.39 is 5.97 Å². The molecular weight excluding hydrogens is 258 g/mol. The molecule has 1 aliphatic carbocycles. The first-order chi connectivity index (χ1) is 9.66. The largest absolute Gasteiger partial charge is 0.481 e. The standard InChI is InChI=1S/C15H25NO4/c17-14(18)10-13-11-16(8-9-20-13)15(19)12-6-4-2-1-3-5-7-12/h12-13H,1-11H2,(H,17,18). The van der Waals surface area contributed by atoms with Crippen LogP contribution in [-0.2, 0) is 14.3 Å². The summed E-state index contributed by atoms with van der Waals surface area (Å²) in [5.74, 6) is -0.514. The van der Waals surface area contributed by atoms with Gasteiger partial charge in [0, 0.05) is 19.0 Å². The summed E-state index contributed by atoms with van der Waals surface area (Å²) in [5.41, 5.74) is 0. The number of carbonyl (C=O) groups is 2. The van der Waals surface area contributed by atoms with E-state index >= 15 is 0 Å². The summed E-state index contributed by atoms with van der Waals surface area (Å²) in [6, 6.07) is 0. The molecule has 2 aliphatic rings. The third-order valence-corrected chi connectivity index (χ3v) is 4.31. The second kappa shape index (κ2) is 7.62. The van der Waals surface area contributed by atoms with Crippen LogP contribution in [0.3, 0.4) is 0 Å². The lowest BCUT2D eigenvalue weighted by atomic mass is 9.90. The Kier molecular flexibility index (Phi) is 5.83. The third kappa shape index (κ3) is 4.47. The normalized spacial score (nSPS) is 25.8. The first-order valence-corrected chi connectivity index (χ1v) is 7.79. The van der Waals surface area contributed by atoms with Crippen LogP contribution in [0.4, 0.5) is 0 Å². The lowest BCUT2D eigenvalue weighted by Crippen LogP contribution is -2.48. The quantitative estimate of drug-likeness (QED) is 0.861. The van der Waals surface area contributed by atoms with E-state index in [0.29, 0.717) is 19.7 Å². The first-order valence-electron chi connectivity index (χ1n) is 7.79. The van der Waals surface area contributed by atoms with Gasteiger partial charge in [-0.05, 0) is 12.8 Å². The molecule has 0 bridgehead atoms. The molecule has 2 rings (SSSR count). The minimum Gasteiger partial charge on any atom is -0.481 e. The molecule has 1 saturated carbocycles. The summed E-state index contributed by atoms with van der Waals surface area (Å²) >= 11 is 0. The predicted octanol–water partition coefficient (Wildman–Crippen LogP) is 2.05. The Morgan fingerprint density at radius 2 is 1.75 bits per heavy atom. The van der Waals surface area contributed by atoms with E-state index in [1.807, 2.05) is 4.90 Å². The lowest BCUT2D eigenvalue weighted by Gasteiger charge is -2.35. The van der Waals surface area contributed by atoms with Gasteiger partial charge in [-0.15, -0.1) is 0 Å². The van der Waals surface area contributed by atoms with E-state index in [-0.39, 0.29) is 24.3 Å². The molecule has 0 radical (unpaired) electrons. The van der Waals surface area contributed by atoms with Crippen LogP contribution < -0.4 is 0 Å². The maximum atomic E-state index is 12.6. The van der Waals surface area contributed by atoms with E-state index in [1.165, 1.54) is 19.3 Å². The van der Waals surface area contributed by atoms with E-state index in [9.17, 15) is 9.59 Å². The molecule has 0 spiro atoms. The zero-order valence-electron chi connectivity index (χ0n) is 12.1. The van der Waals surface area contributed by atoms with Crippen LogP contribution in [0.15, 0.2) is 0 Å². The molecule has 1 amide bonds. The van der Waals surface area contributed by atoms with Crippen molar-refractivity contribution in [1.82, 2.24) is 4.90 Å². The molecule has 1 atom stereocenters. The summed E-state index contributed by atoms with van der Waals surface area (Å²) in [7, 11) is 0. The van der Waals surface area contributed by atoms with Crippen molar-refractivity contribution in [2.75, 3.05) is 19.7 Å². The first kappa shape index (κ1) is 15.3. The Hall–Kier alpha value is -1.10. The number of carboxylic acids is 1. The highest BCUT2D eigenvalue weighted by Crippen LogP contribution is 2.25. The van der Waals surface area contributed by atoms with Crippen molar-refractivity contribution in [3.8, 4) is 0 Å². The van der Waals surface area contributed by atoms with E-state index in [4.69, 9.17) is 9.84 Å². The van der Waals surface area contributed by atoms with Crippen LogP contribution in [0, 0.1) is 5.92 Å². The van der Waals surface area contributed by atoms with Gasteiger partial charge in [0.25, 0.3) is 0 Å². The van der Waals surface area contributed by atoms with Crippen molar-refractivity contribution in [2.24, 2.45) is 5.92 Å². The molecule has 5 heteroatoms.